The van der Waals surface area contributed by atoms with Gasteiger partial charge in [-0.2, -0.15) is 0 Å². The van der Waals surface area contributed by atoms with Crippen LogP contribution in [0.2, 0.25) is 0 Å². The summed E-state index contributed by atoms with van der Waals surface area (Å²) in [4.78, 5) is 24.9. The van der Waals surface area contributed by atoms with Crippen molar-refractivity contribution in [1.29, 1.82) is 0 Å². The zero-order valence-electron chi connectivity index (χ0n) is 14.3. The van der Waals surface area contributed by atoms with Gasteiger partial charge < -0.3 is 10.4 Å². The van der Waals surface area contributed by atoms with Crippen LogP contribution in [0.1, 0.15) is 13.3 Å². The normalized spacial score (nSPS) is 11.5. The molecule has 2 aromatic carbocycles. The van der Waals surface area contributed by atoms with Crippen LogP contribution in [0.5, 0.6) is 0 Å². The van der Waals surface area contributed by atoms with Gasteiger partial charge in [-0.25, -0.2) is 0 Å². The van der Waals surface area contributed by atoms with Gasteiger partial charge in [0.1, 0.15) is 0 Å². The first-order valence-corrected chi connectivity index (χ1v) is 7.86. The van der Waals surface area contributed by atoms with Gasteiger partial charge in [0, 0.05) is 17.8 Å². The summed E-state index contributed by atoms with van der Waals surface area (Å²) in [6, 6.07) is 17.1. The van der Waals surface area contributed by atoms with Crippen LogP contribution in [-0.4, -0.2) is 41.5 Å². The van der Waals surface area contributed by atoms with Gasteiger partial charge in [0.25, 0.3) is 0 Å². The van der Waals surface area contributed by atoms with Crippen molar-refractivity contribution in [3.63, 3.8) is 0 Å². The maximum Gasteiger partial charge on any atom is 0.304 e. The minimum Gasteiger partial charge on any atom is -0.481 e. The van der Waals surface area contributed by atoms with Crippen molar-refractivity contribution in [3.8, 4) is 11.1 Å². The molecule has 0 radical (unpaired) electrons. The number of likely N-dealkylation sites (N-methyl/N-ethyl adjacent to an activating group) is 1. The summed E-state index contributed by atoms with van der Waals surface area (Å²) in [5.41, 5.74) is 2.72. The van der Waals surface area contributed by atoms with Gasteiger partial charge in [0.05, 0.1) is 12.5 Å². The zero-order chi connectivity index (χ0) is 17.5. The first kappa shape index (κ1) is 20.7. The van der Waals surface area contributed by atoms with Crippen molar-refractivity contribution < 1.29 is 14.7 Å². The number of nitrogens with zero attached hydrogens (tertiary/aromatic N) is 1. The van der Waals surface area contributed by atoms with Gasteiger partial charge in [-0.1, -0.05) is 48.5 Å². The number of carboxylic acid groups (broad SMARTS) is 1. The average molecular weight is 363 g/mol. The molecular weight excluding hydrogens is 340 g/mol. The lowest BCUT2D eigenvalue weighted by Crippen LogP contribution is -2.40. The molecule has 0 aliphatic rings. The van der Waals surface area contributed by atoms with E-state index in [-0.39, 0.29) is 24.7 Å². The highest BCUT2D eigenvalue weighted by molar-refractivity contribution is 5.98. The van der Waals surface area contributed by atoms with Crippen LogP contribution in [0.4, 0.5) is 5.69 Å². The highest BCUT2D eigenvalue weighted by atomic mass is 35.5. The van der Waals surface area contributed by atoms with Crippen LogP contribution in [-0.2, 0) is 9.59 Å². The van der Waals surface area contributed by atoms with E-state index in [2.05, 4.69) is 5.32 Å². The Morgan fingerprint density at radius 3 is 2.32 bits per heavy atom. The van der Waals surface area contributed by atoms with E-state index in [0.29, 0.717) is 6.54 Å². The van der Waals surface area contributed by atoms with Crippen molar-refractivity contribution in [2.45, 2.75) is 19.4 Å². The van der Waals surface area contributed by atoms with Crippen LogP contribution < -0.4 is 5.32 Å². The van der Waals surface area contributed by atoms with Crippen molar-refractivity contribution in [3.05, 3.63) is 54.6 Å². The van der Waals surface area contributed by atoms with Gasteiger partial charge in [0.2, 0.25) is 5.91 Å². The largest absolute Gasteiger partial charge is 0.481 e. The molecule has 25 heavy (non-hydrogen) atoms. The predicted molar refractivity (Wildman–Crippen MR) is 102 cm³/mol. The fourth-order valence-corrected chi connectivity index (χ4v) is 2.36. The molecule has 1 amide bonds. The van der Waals surface area contributed by atoms with E-state index >= 15 is 0 Å². The third kappa shape index (κ3) is 5.89. The van der Waals surface area contributed by atoms with Gasteiger partial charge >= 0.3 is 5.97 Å². The van der Waals surface area contributed by atoms with Crippen LogP contribution in [0.25, 0.3) is 11.1 Å². The Bertz CT molecular complexity index is 707. The smallest absolute Gasteiger partial charge is 0.304 e. The molecule has 6 heteroatoms. The quantitative estimate of drug-likeness (QED) is 0.790. The monoisotopic (exact) mass is 362 g/mol. The summed E-state index contributed by atoms with van der Waals surface area (Å²) in [5, 5.41) is 11.7. The molecule has 2 aromatic rings. The Labute approximate surface area is 154 Å². The summed E-state index contributed by atoms with van der Waals surface area (Å²) >= 11 is 0. The highest BCUT2D eigenvalue weighted by Gasteiger charge is 2.19. The van der Waals surface area contributed by atoms with Crippen molar-refractivity contribution in [1.82, 2.24) is 4.90 Å². The number of benzene rings is 2. The van der Waals surface area contributed by atoms with Crippen LogP contribution in [0.15, 0.2) is 54.6 Å². The Kier molecular flexibility index (Phi) is 8.11. The molecule has 0 aliphatic heterocycles. The predicted octanol–water partition coefficient (Wildman–Crippen LogP) is 3.51. The first-order chi connectivity index (χ1) is 11.5. The number of carbonyl (C=O) groups is 2. The number of nitrogens with one attached hydrogen (secondary N) is 1. The van der Waals surface area contributed by atoms with Gasteiger partial charge in [0.15, 0.2) is 0 Å². The lowest BCUT2D eigenvalue weighted by atomic mass is 10.0. The SMILES string of the molecule is CC(C(=O)Nc1ccccc1-c1ccccc1)N(C)CCC(=O)O.Cl. The second kappa shape index (κ2) is 9.81. The number of rotatable bonds is 7. The summed E-state index contributed by atoms with van der Waals surface area (Å²) in [5.74, 6) is -1.03. The molecule has 0 saturated heterocycles. The minimum absolute atomic E-state index is 0. The lowest BCUT2D eigenvalue weighted by molar-refractivity contribution is -0.137. The third-order valence-corrected chi connectivity index (χ3v) is 3.99. The van der Waals surface area contributed by atoms with E-state index in [1.165, 1.54) is 0 Å². The topological polar surface area (TPSA) is 69.6 Å². The maximum atomic E-state index is 12.5. The fraction of sp³-hybridized carbons (Fsp3) is 0.263. The number of amides is 1. The van der Waals surface area contributed by atoms with Gasteiger partial charge in [-0.15, -0.1) is 12.4 Å². The Balaban J connectivity index is 0.00000312. The van der Waals surface area contributed by atoms with Crippen molar-refractivity contribution in [2.75, 3.05) is 18.9 Å². The molecule has 0 aromatic heterocycles. The highest BCUT2D eigenvalue weighted by Crippen LogP contribution is 2.27. The lowest BCUT2D eigenvalue weighted by Gasteiger charge is -2.23. The molecule has 2 rings (SSSR count). The molecule has 0 fully saturated rings. The number of hydrogen-bond acceptors (Lipinski definition) is 3. The number of hydrogen-bond donors (Lipinski definition) is 2. The Hall–Kier alpha value is -2.37. The van der Waals surface area contributed by atoms with Crippen LogP contribution in [0.3, 0.4) is 0 Å². The number of carboxylic acids is 1. The molecule has 134 valence electrons. The third-order valence-electron chi connectivity index (χ3n) is 3.99. The fourth-order valence-electron chi connectivity index (χ4n) is 2.36. The van der Waals surface area contributed by atoms with E-state index in [4.69, 9.17) is 5.11 Å². The summed E-state index contributed by atoms with van der Waals surface area (Å²) in [6.45, 7) is 2.09. The summed E-state index contributed by atoms with van der Waals surface area (Å²) in [6.07, 6.45) is 0.00865. The van der Waals surface area contributed by atoms with Crippen molar-refractivity contribution >= 4 is 30.0 Å². The molecule has 2 N–H and O–H groups in total. The number of aliphatic carboxylic acids is 1. The first-order valence-electron chi connectivity index (χ1n) is 7.86. The number of anilines is 1. The average Bonchev–Trinajstić information content (AvgIpc) is 2.60. The zero-order valence-corrected chi connectivity index (χ0v) is 15.1. The van der Waals surface area contributed by atoms with Crippen LogP contribution in [0, 0.1) is 0 Å². The molecule has 5 nitrogen and oxygen atoms in total. The van der Waals surface area contributed by atoms with Gasteiger partial charge in [-0.3, -0.25) is 14.5 Å². The second-order valence-electron chi connectivity index (χ2n) is 5.70. The van der Waals surface area contributed by atoms with E-state index in [0.717, 1.165) is 16.8 Å². The number of halogens is 1. The molecule has 0 spiro atoms. The second-order valence-corrected chi connectivity index (χ2v) is 5.70. The van der Waals surface area contributed by atoms with E-state index in [1.807, 2.05) is 54.6 Å². The van der Waals surface area contributed by atoms with Crippen LogP contribution >= 0.6 is 12.4 Å². The molecular formula is C19H23ClN2O3. The maximum absolute atomic E-state index is 12.5. The van der Waals surface area contributed by atoms with Crippen molar-refractivity contribution in [2.24, 2.45) is 0 Å². The molecule has 1 unspecified atom stereocenters. The molecule has 0 aliphatic carbocycles. The standard InChI is InChI=1S/C19H22N2O3.ClH/c1-14(21(2)13-12-18(22)23)19(24)20-17-11-7-6-10-16(17)15-8-4-3-5-9-15;/h3-11,14H,12-13H2,1-2H3,(H,20,24)(H,22,23);1H. The summed E-state index contributed by atoms with van der Waals surface area (Å²) < 4.78 is 0. The Morgan fingerprint density at radius 2 is 1.68 bits per heavy atom. The number of carbonyl (C=O) groups excluding carboxylic acids is 1. The van der Waals surface area contributed by atoms with E-state index in [1.54, 1.807) is 18.9 Å². The molecule has 0 saturated carbocycles. The minimum atomic E-state index is -0.871. The van der Waals surface area contributed by atoms with E-state index < -0.39 is 12.0 Å². The van der Waals surface area contributed by atoms with E-state index in [9.17, 15) is 9.59 Å². The van der Waals surface area contributed by atoms with Gasteiger partial charge in [-0.05, 0) is 25.6 Å². The number of para-hydroxylation sites is 1. The molecule has 0 bridgehead atoms. The Morgan fingerprint density at radius 1 is 1.08 bits per heavy atom. The summed E-state index contributed by atoms with van der Waals surface area (Å²) in [7, 11) is 1.75. The molecule has 0 heterocycles. The molecule has 1 atom stereocenters.